The van der Waals surface area contributed by atoms with Gasteiger partial charge < -0.3 is 10.0 Å². The second-order valence-electron chi connectivity index (χ2n) is 5.25. The first-order chi connectivity index (χ1) is 8.22. The van der Waals surface area contributed by atoms with E-state index < -0.39 is 0 Å². The summed E-state index contributed by atoms with van der Waals surface area (Å²) in [6.45, 7) is 6.15. The van der Waals surface area contributed by atoms with Crippen molar-refractivity contribution in [1.29, 1.82) is 0 Å². The fourth-order valence-corrected chi connectivity index (χ4v) is 2.76. The van der Waals surface area contributed by atoms with Crippen LogP contribution in [0.25, 0.3) is 0 Å². The highest BCUT2D eigenvalue weighted by molar-refractivity contribution is 5.78. The number of carbonyl (C=O) groups is 1. The highest BCUT2D eigenvalue weighted by Gasteiger charge is 2.27. The van der Waals surface area contributed by atoms with Crippen LogP contribution >= 0.6 is 0 Å². The Labute approximate surface area is 105 Å². The van der Waals surface area contributed by atoms with E-state index in [1.165, 1.54) is 0 Å². The molecule has 0 bridgehead atoms. The van der Waals surface area contributed by atoms with Gasteiger partial charge >= 0.3 is 0 Å². The third-order valence-electron chi connectivity index (χ3n) is 3.71. The minimum Gasteiger partial charge on any atom is -0.396 e. The molecule has 1 fully saturated rings. The van der Waals surface area contributed by atoms with Gasteiger partial charge in [0.25, 0.3) is 0 Å². The molecule has 1 heterocycles. The molecule has 1 saturated heterocycles. The second kappa shape index (κ2) is 7.70. The molecule has 0 aliphatic carbocycles. The predicted molar refractivity (Wildman–Crippen MR) is 69.7 cm³/mol. The van der Waals surface area contributed by atoms with E-state index in [-0.39, 0.29) is 12.5 Å². The summed E-state index contributed by atoms with van der Waals surface area (Å²) >= 11 is 0. The fraction of sp³-hybridized carbons (Fsp3) is 0.929. The Balaban J connectivity index is 2.53. The van der Waals surface area contributed by atoms with Gasteiger partial charge in [-0.1, -0.05) is 26.7 Å². The van der Waals surface area contributed by atoms with Crippen molar-refractivity contribution in [3.8, 4) is 0 Å². The molecule has 0 aromatic rings. The van der Waals surface area contributed by atoms with Crippen LogP contribution in [0.4, 0.5) is 0 Å². The lowest BCUT2D eigenvalue weighted by atomic mass is 9.93. The average molecular weight is 241 g/mol. The highest BCUT2D eigenvalue weighted by atomic mass is 16.3. The summed E-state index contributed by atoms with van der Waals surface area (Å²) in [7, 11) is 0. The number of hydrogen-bond donors (Lipinski definition) is 1. The normalized spacial score (nSPS) is 20.9. The molecule has 100 valence electrons. The van der Waals surface area contributed by atoms with E-state index in [0.29, 0.717) is 11.8 Å². The summed E-state index contributed by atoms with van der Waals surface area (Å²) in [5.41, 5.74) is 0. The molecular weight excluding hydrogens is 214 g/mol. The lowest BCUT2D eigenvalue weighted by Gasteiger charge is -2.34. The molecule has 0 aromatic carbocycles. The van der Waals surface area contributed by atoms with Crippen molar-refractivity contribution in [1.82, 2.24) is 4.90 Å². The zero-order valence-electron chi connectivity index (χ0n) is 11.3. The van der Waals surface area contributed by atoms with Crippen LogP contribution in [-0.2, 0) is 4.79 Å². The maximum atomic E-state index is 12.4. The Morgan fingerprint density at radius 3 is 2.53 bits per heavy atom. The molecule has 1 aliphatic rings. The van der Waals surface area contributed by atoms with Crippen molar-refractivity contribution in [3.05, 3.63) is 0 Å². The summed E-state index contributed by atoms with van der Waals surface area (Å²) in [5, 5.41) is 9.20. The van der Waals surface area contributed by atoms with Gasteiger partial charge in [-0.15, -0.1) is 0 Å². The second-order valence-corrected chi connectivity index (χ2v) is 5.25. The van der Waals surface area contributed by atoms with E-state index in [4.69, 9.17) is 0 Å². The Kier molecular flexibility index (Phi) is 6.56. The summed E-state index contributed by atoms with van der Waals surface area (Å²) in [6.07, 6.45) is 6.27. The molecule has 0 saturated carbocycles. The quantitative estimate of drug-likeness (QED) is 0.776. The van der Waals surface area contributed by atoms with E-state index in [9.17, 15) is 9.90 Å². The van der Waals surface area contributed by atoms with Crippen LogP contribution < -0.4 is 0 Å². The molecule has 3 heteroatoms. The third kappa shape index (κ3) is 4.30. The summed E-state index contributed by atoms with van der Waals surface area (Å²) in [5.74, 6) is 0.839. The number of aliphatic hydroxyl groups excluding tert-OH is 1. The Morgan fingerprint density at radius 1 is 1.35 bits per heavy atom. The van der Waals surface area contributed by atoms with Gasteiger partial charge in [0.15, 0.2) is 0 Å². The Morgan fingerprint density at radius 2 is 2.00 bits per heavy atom. The number of amides is 1. The average Bonchev–Trinajstić information content (AvgIpc) is 2.38. The van der Waals surface area contributed by atoms with Crippen molar-refractivity contribution < 1.29 is 9.90 Å². The molecule has 17 heavy (non-hydrogen) atoms. The zero-order chi connectivity index (χ0) is 12.7. The molecule has 1 aliphatic heterocycles. The molecule has 0 radical (unpaired) electrons. The number of hydrogen-bond acceptors (Lipinski definition) is 2. The topological polar surface area (TPSA) is 40.5 Å². The molecule has 0 aromatic heterocycles. The van der Waals surface area contributed by atoms with Crippen LogP contribution in [-0.4, -0.2) is 35.6 Å². The van der Waals surface area contributed by atoms with Crippen molar-refractivity contribution in [2.75, 3.05) is 19.7 Å². The molecule has 1 N–H and O–H groups in total. The SMILES string of the molecule is CCCC(CCC)C(=O)N1CCC[C@@H](CO)C1. The smallest absolute Gasteiger partial charge is 0.225 e. The lowest BCUT2D eigenvalue weighted by molar-refractivity contribution is -0.138. The van der Waals surface area contributed by atoms with E-state index in [0.717, 1.165) is 51.6 Å². The predicted octanol–water partition coefficient (Wildman–Crippen LogP) is 2.43. The lowest BCUT2D eigenvalue weighted by Crippen LogP contribution is -2.43. The van der Waals surface area contributed by atoms with Gasteiger partial charge in [0.05, 0.1) is 0 Å². The van der Waals surface area contributed by atoms with Crippen molar-refractivity contribution in [2.45, 2.75) is 52.4 Å². The third-order valence-corrected chi connectivity index (χ3v) is 3.71. The Bertz CT molecular complexity index is 224. The number of piperidine rings is 1. The van der Waals surface area contributed by atoms with E-state index in [1.807, 2.05) is 4.90 Å². The van der Waals surface area contributed by atoms with Gasteiger partial charge in [-0.2, -0.15) is 0 Å². The minimum absolute atomic E-state index is 0.211. The van der Waals surface area contributed by atoms with Crippen molar-refractivity contribution >= 4 is 5.91 Å². The summed E-state index contributed by atoms with van der Waals surface area (Å²) in [4.78, 5) is 14.4. The maximum absolute atomic E-state index is 12.4. The van der Waals surface area contributed by atoms with Gasteiger partial charge in [0, 0.05) is 25.6 Å². The van der Waals surface area contributed by atoms with Crippen molar-refractivity contribution in [3.63, 3.8) is 0 Å². The van der Waals surface area contributed by atoms with Crippen LogP contribution in [0.15, 0.2) is 0 Å². The van der Waals surface area contributed by atoms with Crippen LogP contribution in [0, 0.1) is 11.8 Å². The number of likely N-dealkylation sites (tertiary alicyclic amines) is 1. The molecular formula is C14H27NO2. The standard InChI is InChI=1S/C14H27NO2/c1-3-6-13(7-4-2)14(17)15-9-5-8-12(10-15)11-16/h12-13,16H,3-11H2,1-2H3/t12-/m1/s1. The molecule has 1 amide bonds. The monoisotopic (exact) mass is 241 g/mol. The summed E-state index contributed by atoms with van der Waals surface area (Å²) < 4.78 is 0. The van der Waals surface area contributed by atoms with Gasteiger partial charge in [-0.25, -0.2) is 0 Å². The molecule has 3 nitrogen and oxygen atoms in total. The van der Waals surface area contributed by atoms with Crippen LogP contribution in [0.2, 0.25) is 0 Å². The number of carbonyl (C=O) groups excluding carboxylic acids is 1. The first kappa shape index (κ1) is 14.5. The van der Waals surface area contributed by atoms with Crippen molar-refractivity contribution in [2.24, 2.45) is 11.8 Å². The first-order valence-electron chi connectivity index (χ1n) is 7.12. The van der Waals surface area contributed by atoms with Gasteiger partial charge in [0.2, 0.25) is 5.91 Å². The van der Waals surface area contributed by atoms with Crippen LogP contribution in [0.5, 0.6) is 0 Å². The van der Waals surface area contributed by atoms with E-state index in [2.05, 4.69) is 13.8 Å². The maximum Gasteiger partial charge on any atom is 0.225 e. The van der Waals surface area contributed by atoms with Crippen LogP contribution in [0.3, 0.4) is 0 Å². The number of nitrogens with zero attached hydrogens (tertiary/aromatic N) is 1. The van der Waals surface area contributed by atoms with E-state index in [1.54, 1.807) is 0 Å². The Hall–Kier alpha value is -0.570. The van der Waals surface area contributed by atoms with Gasteiger partial charge in [-0.05, 0) is 31.6 Å². The zero-order valence-corrected chi connectivity index (χ0v) is 11.3. The molecule has 0 spiro atoms. The highest BCUT2D eigenvalue weighted by Crippen LogP contribution is 2.22. The first-order valence-corrected chi connectivity index (χ1v) is 7.12. The molecule has 1 atom stereocenters. The van der Waals surface area contributed by atoms with Crippen LogP contribution in [0.1, 0.15) is 52.4 Å². The summed E-state index contributed by atoms with van der Waals surface area (Å²) in [6, 6.07) is 0. The van der Waals surface area contributed by atoms with Gasteiger partial charge in [0.1, 0.15) is 0 Å². The van der Waals surface area contributed by atoms with E-state index >= 15 is 0 Å². The molecule has 0 unspecified atom stereocenters. The number of aliphatic hydroxyl groups is 1. The number of rotatable bonds is 6. The minimum atomic E-state index is 0.211. The molecule has 1 rings (SSSR count). The fourth-order valence-electron chi connectivity index (χ4n) is 2.76. The van der Waals surface area contributed by atoms with Gasteiger partial charge in [-0.3, -0.25) is 4.79 Å². The largest absolute Gasteiger partial charge is 0.396 e.